The van der Waals surface area contributed by atoms with Crippen molar-refractivity contribution in [2.75, 3.05) is 13.1 Å². The highest BCUT2D eigenvalue weighted by atomic mass is 16.5. The van der Waals surface area contributed by atoms with Crippen LogP contribution in [-0.2, 0) is 4.74 Å². The van der Waals surface area contributed by atoms with E-state index in [4.69, 9.17) is 4.74 Å². The molecule has 0 aromatic heterocycles. The van der Waals surface area contributed by atoms with Gasteiger partial charge in [0, 0.05) is 12.5 Å². The average Bonchev–Trinajstić information content (AvgIpc) is 2.00. The number of fused-ring (bicyclic) bond motifs is 1. The Kier molecular flexibility index (Phi) is 2.16. The minimum Gasteiger partial charge on any atom is -0.369 e. The minimum atomic E-state index is 0.0998. The Bertz CT molecular complexity index is 202. The molecule has 2 nitrogen and oxygen atoms in total. The standard InChI is InChI=1S/C11H21NO/c1-10(2)5-4-9-8-12-7-6-11(9,3)13-10/h9,12H,4-8H2,1-3H3/t9-,11+/m0/s1. The lowest BCUT2D eigenvalue weighted by atomic mass is 9.75. The van der Waals surface area contributed by atoms with Gasteiger partial charge in [0.25, 0.3) is 0 Å². The first-order valence-corrected chi connectivity index (χ1v) is 5.43. The molecule has 0 bridgehead atoms. The molecule has 2 heterocycles. The summed E-state index contributed by atoms with van der Waals surface area (Å²) < 4.78 is 6.23. The van der Waals surface area contributed by atoms with E-state index in [0.29, 0.717) is 0 Å². The summed E-state index contributed by atoms with van der Waals surface area (Å²) in [6.07, 6.45) is 3.69. The van der Waals surface area contributed by atoms with Crippen LogP contribution in [0.3, 0.4) is 0 Å². The Morgan fingerprint density at radius 3 is 2.77 bits per heavy atom. The van der Waals surface area contributed by atoms with Gasteiger partial charge in [0.1, 0.15) is 0 Å². The van der Waals surface area contributed by atoms with Gasteiger partial charge >= 0.3 is 0 Å². The van der Waals surface area contributed by atoms with Gasteiger partial charge in [-0.1, -0.05) is 0 Å². The predicted molar refractivity (Wildman–Crippen MR) is 53.8 cm³/mol. The Morgan fingerprint density at radius 2 is 2.00 bits per heavy atom. The highest BCUT2D eigenvalue weighted by molar-refractivity contribution is 4.96. The zero-order valence-electron chi connectivity index (χ0n) is 9.02. The maximum absolute atomic E-state index is 6.23. The van der Waals surface area contributed by atoms with Crippen LogP contribution in [0.5, 0.6) is 0 Å². The molecule has 76 valence electrons. The van der Waals surface area contributed by atoms with Crippen LogP contribution in [0.15, 0.2) is 0 Å². The smallest absolute Gasteiger partial charge is 0.0714 e. The van der Waals surface area contributed by atoms with Gasteiger partial charge in [-0.2, -0.15) is 0 Å². The number of piperidine rings is 1. The third kappa shape index (κ3) is 1.75. The van der Waals surface area contributed by atoms with E-state index in [2.05, 4.69) is 26.1 Å². The SMILES string of the molecule is CC1(C)CC[C@H]2CNCC[C@@]2(C)O1. The van der Waals surface area contributed by atoms with Crippen LogP contribution in [0.4, 0.5) is 0 Å². The van der Waals surface area contributed by atoms with Crippen LogP contribution < -0.4 is 5.32 Å². The molecule has 2 fully saturated rings. The molecule has 2 atom stereocenters. The summed E-state index contributed by atoms with van der Waals surface area (Å²) in [5.74, 6) is 0.731. The molecular weight excluding hydrogens is 162 g/mol. The Balaban J connectivity index is 2.12. The molecule has 2 heteroatoms. The van der Waals surface area contributed by atoms with E-state index < -0.39 is 0 Å². The molecule has 0 radical (unpaired) electrons. The fourth-order valence-electron chi connectivity index (χ4n) is 2.78. The lowest BCUT2D eigenvalue weighted by Crippen LogP contribution is -2.56. The lowest BCUT2D eigenvalue weighted by molar-refractivity contribution is -0.202. The van der Waals surface area contributed by atoms with Gasteiger partial charge in [0.15, 0.2) is 0 Å². The average molecular weight is 183 g/mol. The predicted octanol–water partition coefficient (Wildman–Crippen LogP) is 1.94. The highest BCUT2D eigenvalue weighted by Crippen LogP contribution is 2.42. The zero-order chi connectivity index (χ0) is 9.53. The first kappa shape index (κ1) is 9.47. The van der Waals surface area contributed by atoms with Gasteiger partial charge in [0.05, 0.1) is 11.2 Å². The molecule has 0 aromatic carbocycles. The first-order valence-electron chi connectivity index (χ1n) is 5.43. The van der Waals surface area contributed by atoms with Gasteiger partial charge in [0.2, 0.25) is 0 Å². The van der Waals surface area contributed by atoms with Gasteiger partial charge in [-0.3, -0.25) is 0 Å². The van der Waals surface area contributed by atoms with Crippen molar-refractivity contribution in [2.45, 2.75) is 51.2 Å². The van der Waals surface area contributed by atoms with Crippen LogP contribution in [0.1, 0.15) is 40.0 Å². The van der Waals surface area contributed by atoms with E-state index >= 15 is 0 Å². The van der Waals surface area contributed by atoms with Crippen molar-refractivity contribution >= 4 is 0 Å². The summed E-state index contributed by atoms with van der Waals surface area (Å²) in [6.45, 7) is 8.99. The molecule has 2 aliphatic heterocycles. The van der Waals surface area contributed by atoms with Crippen LogP contribution >= 0.6 is 0 Å². The van der Waals surface area contributed by atoms with Crippen molar-refractivity contribution in [3.63, 3.8) is 0 Å². The molecule has 0 saturated carbocycles. The molecular formula is C11H21NO. The van der Waals surface area contributed by atoms with E-state index in [0.717, 1.165) is 19.0 Å². The number of nitrogens with one attached hydrogen (secondary N) is 1. The van der Waals surface area contributed by atoms with Crippen LogP contribution in [0.2, 0.25) is 0 Å². The third-order valence-electron chi connectivity index (χ3n) is 3.66. The molecule has 0 unspecified atom stereocenters. The fraction of sp³-hybridized carbons (Fsp3) is 1.00. The van der Waals surface area contributed by atoms with Crippen LogP contribution in [-0.4, -0.2) is 24.3 Å². The van der Waals surface area contributed by atoms with E-state index in [1.54, 1.807) is 0 Å². The third-order valence-corrected chi connectivity index (χ3v) is 3.66. The number of hydrogen-bond acceptors (Lipinski definition) is 2. The van der Waals surface area contributed by atoms with Gasteiger partial charge < -0.3 is 10.1 Å². The molecule has 1 N–H and O–H groups in total. The molecule has 2 rings (SSSR count). The second kappa shape index (κ2) is 2.96. The largest absolute Gasteiger partial charge is 0.369 e. The van der Waals surface area contributed by atoms with E-state index in [-0.39, 0.29) is 11.2 Å². The van der Waals surface area contributed by atoms with Crippen LogP contribution in [0.25, 0.3) is 0 Å². The summed E-state index contributed by atoms with van der Waals surface area (Å²) in [5.41, 5.74) is 0.246. The fourth-order valence-corrected chi connectivity index (χ4v) is 2.78. The minimum absolute atomic E-state index is 0.0998. The first-order chi connectivity index (χ1) is 6.02. The van der Waals surface area contributed by atoms with Crippen molar-refractivity contribution < 1.29 is 4.74 Å². The molecule has 0 aliphatic carbocycles. The molecule has 0 spiro atoms. The molecule has 0 aromatic rings. The van der Waals surface area contributed by atoms with Crippen molar-refractivity contribution in [3.05, 3.63) is 0 Å². The molecule has 0 amide bonds. The Morgan fingerprint density at radius 1 is 1.23 bits per heavy atom. The normalized spacial score (nSPS) is 44.1. The van der Waals surface area contributed by atoms with E-state index in [1.165, 1.54) is 19.3 Å². The Labute approximate surface area is 81.0 Å². The molecule has 13 heavy (non-hydrogen) atoms. The summed E-state index contributed by atoms with van der Waals surface area (Å²) >= 11 is 0. The summed E-state index contributed by atoms with van der Waals surface area (Å²) in [6, 6.07) is 0. The van der Waals surface area contributed by atoms with Gasteiger partial charge in [-0.05, 0) is 46.6 Å². The highest BCUT2D eigenvalue weighted by Gasteiger charge is 2.45. The topological polar surface area (TPSA) is 21.3 Å². The van der Waals surface area contributed by atoms with E-state index in [1.807, 2.05) is 0 Å². The lowest BCUT2D eigenvalue weighted by Gasteiger charge is -2.51. The summed E-state index contributed by atoms with van der Waals surface area (Å²) in [5, 5.41) is 3.46. The monoisotopic (exact) mass is 183 g/mol. The number of hydrogen-bond donors (Lipinski definition) is 1. The Hall–Kier alpha value is -0.0800. The maximum Gasteiger partial charge on any atom is 0.0714 e. The number of ether oxygens (including phenoxy) is 1. The quantitative estimate of drug-likeness (QED) is 0.619. The van der Waals surface area contributed by atoms with Crippen molar-refractivity contribution in [1.82, 2.24) is 5.32 Å². The van der Waals surface area contributed by atoms with E-state index in [9.17, 15) is 0 Å². The molecule has 2 saturated heterocycles. The van der Waals surface area contributed by atoms with Crippen molar-refractivity contribution in [1.29, 1.82) is 0 Å². The van der Waals surface area contributed by atoms with Crippen molar-refractivity contribution in [2.24, 2.45) is 5.92 Å². The van der Waals surface area contributed by atoms with Crippen LogP contribution in [0, 0.1) is 5.92 Å². The van der Waals surface area contributed by atoms with Gasteiger partial charge in [-0.15, -0.1) is 0 Å². The summed E-state index contributed by atoms with van der Waals surface area (Å²) in [7, 11) is 0. The second-order valence-electron chi connectivity index (χ2n) is 5.36. The summed E-state index contributed by atoms with van der Waals surface area (Å²) in [4.78, 5) is 0. The molecule has 2 aliphatic rings. The second-order valence-corrected chi connectivity index (χ2v) is 5.36. The zero-order valence-corrected chi connectivity index (χ0v) is 9.02. The van der Waals surface area contributed by atoms with Gasteiger partial charge in [-0.25, -0.2) is 0 Å². The van der Waals surface area contributed by atoms with Crippen molar-refractivity contribution in [3.8, 4) is 0 Å². The maximum atomic E-state index is 6.23. The number of rotatable bonds is 0.